The second kappa shape index (κ2) is 7.41. The van der Waals surface area contributed by atoms with E-state index in [1.165, 1.54) is 16.0 Å². The van der Waals surface area contributed by atoms with Gasteiger partial charge in [0.1, 0.15) is 5.75 Å². The molecule has 0 bridgehead atoms. The van der Waals surface area contributed by atoms with Crippen molar-refractivity contribution < 1.29 is 14.3 Å². The number of amides is 2. The highest BCUT2D eigenvalue weighted by Crippen LogP contribution is 2.48. The Bertz CT molecular complexity index is 1100. The molecule has 2 aromatic carbocycles. The number of hydrogen-bond donors (Lipinski definition) is 0. The molecule has 1 aromatic heterocycles. The molecule has 5 nitrogen and oxygen atoms in total. The van der Waals surface area contributed by atoms with Gasteiger partial charge in [0.05, 0.1) is 30.5 Å². The number of carbonyl (C=O) groups excluding carboxylic acids is 2. The van der Waals surface area contributed by atoms with Gasteiger partial charge in [-0.05, 0) is 72.2 Å². The number of nitrogens with zero attached hydrogens (tertiary/aromatic N) is 2. The van der Waals surface area contributed by atoms with Crippen molar-refractivity contribution in [1.29, 1.82) is 0 Å². The van der Waals surface area contributed by atoms with E-state index in [-0.39, 0.29) is 18.4 Å². The molecule has 2 aliphatic rings. The van der Waals surface area contributed by atoms with Crippen molar-refractivity contribution in [1.82, 2.24) is 9.88 Å². The van der Waals surface area contributed by atoms with Crippen LogP contribution >= 0.6 is 0 Å². The van der Waals surface area contributed by atoms with Crippen molar-refractivity contribution in [2.24, 2.45) is 0 Å². The summed E-state index contributed by atoms with van der Waals surface area (Å²) in [6.45, 7) is 0.201. The van der Waals surface area contributed by atoms with E-state index in [4.69, 9.17) is 4.74 Å². The van der Waals surface area contributed by atoms with Crippen LogP contribution in [0.15, 0.2) is 66.9 Å². The van der Waals surface area contributed by atoms with Gasteiger partial charge in [0.25, 0.3) is 11.8 Å². The Morgan fingerprint density at radius 2 is 1.57 bits per heavy atom. The monoisotopic (exact) mass is 398 g/mol. The van der Waals surface area contributed by atoms with Gasteiger partial charge in [0, 0.05) is 6.20 Å². The molecule has 0 saturated heterocycles. The number of rotatable bonds is 5. The molecule has 0 radical (unpaired) electrons. The molecule has 150 valence electrons. The lowest BCUT2D eigenvalue weighted by Gasteiger charge is -2.36. The van der Waals surface area contributed by atoms with Gasteiger partial charge in [-0.25, -0.2) is 0 Å². The molecular weight excluding hydrogens is 376 g/mol. The summed E-state index contributed by atoms with van der Waals surface area (Å²) in [7, 11) is 1.69. The predicted molar refractivity (Wildman–Crippen MR) is 113 cm³/mol. The SMILES string of the molecule is COc1cccc(C2CC(c3ccnc(CN4C(=O)c5ccccc5C4=O)c3)C2)c1. The average Bonchev–Trinajstić information content (AvgIpc) is 2.98. The van der Waals surface area contributed by atoms with Crippen LogP contribution in [0, 0.1) is 0 Å². The van der Waals surface area contributed by atoms with Crippen molar-refractivity contribution in [3.05, 3.63) is 94.8 Å². The van der Waals surface area contributed by atoms with E-state index >= 15 is 0 Å². The summed E-state index contributed by atoms with van der Waals surface area (Å²) in [4.78, 5) is 30.9. The van der Waals surface area contributed by atoms with E-state index in [0.717, 1.165) is 24.3 Å². The molecule has 1 saturated carbocycles. The van der Waals surface area contributed by atoms with Crippen LogP contribution in [0.1, 0.15) is 62.2 Å². The molecule has 30 heavy (non-hydrogen) atoms. The fourth-order valence-electron chi connectivity index (χ4n) is 4.44. The highest BCUT2D eigenvalue weighted by Gasteiger charge is 2.36. The number of ether oxygens (including phenoxy) is 1. The second-order valence-corrected chi connectivity index (χ2v) is 7.96. The third kappa shape index (κ3) is 3.16. The Hall–Kier alpha value is -3.47. The van der Waals surface area contributed by atoms with Crippen LogP contribution in [0.3, 0.4) is 0 Å². The number of imide groups is 1. The Labute approximate surface area is 175 Å². The molecule has 3 aromatic rings. The molecule has 5 heteroatoms. The fourth-order valence-corrected chi connectivity index (χ4v) is 4.44. The largest absolute Gasteiger partial charge is 0.497 e. The summed E-state index contributed by atoms with van der Waals surface area (Å²) < 4.78 is 5.34. The van der Waals surface area contributed by atoms with Crippen molar-refractivity contribution in [3.63, 3.8) is 0 Å². The summed E-state index contributed by atoms with van der Waals surface area (Å²) in [5, 5.41) is 0. The van der Waals surface area contributed by atoms with E-state index in [2.05, 4.69) is 17.1 Å². The smallest absolute Gasteiger partial charge is 0.261 e. The normalized spacial score (nSPS) is 20.1. The van der Waals surface area contributed by atoms with Gasteiger partial charge in [0.15, 0.2) is 0 Å². The number of hydrogen-bond acceptors (Lipinski definition) is 4. The van der Waals surface area contributed by atoms with Gasteiger partial charge >= 0.3 is 0 Å². The summed E-state index contributed by atoms with van der Waals surface area (Å²) >= 11 is 0. The van der Waals surface area contributed by atoms with Crippen LogP contribution in [-0.4, -0.2) is 28.8 Å². The number of fused-ring (bicyclic) bond motifs is 1. The van der Waals surface area contributed by atoms with Crippen molar-refractivity contribution in [2.75, 3.05) is 7.11 Å². The lowest BCUT2D eigenvalue weighted by molar-refractivity contribution is 0.0640. The molecule has 2 heterocycles. The summed E-state index contributed by atoms with van der Waals surface area (Å²) in [6.07, 6.45) is 3.93. The predicted octanol–water partition coefficient (Wildman–Crippen LogP) is 4.55. The van der Waals surface area contributed by atoms with E-state index in [1.807, 2.05) is 24.3 Å². The van der Waals surface area contributed by atoms with Crippen LogP contribution in [0.25, 0.3) is 0 Å². The third-order valence-electron chi connectivity index (χ3n) is 6.21. The second-order valence-electron chi connectivity index (χ2n) is 7.96. The number of pyridine rings is 1. The standard InChI is InChI=1S/C25H22N2O3/c1-30-21-6-4-5-16(14-21)18-11-19(12-18)17-9-10-26-20(13-17)15-27-24(28)22-7-2-3-8-23(22)25(27)29/h2-10,13-14,18-19H,11-12,15H2,1H3. The number of benzene rings is 2. The highest BCUT2D eigenvalue weighted by molar-refractivity contribution is 6.21. The molecule has 0 atom stereocenters. The molecule has 0 unspecified atom stereocenters. The molecule has 0 spiro atoms. The minimum atomic E-state index is -0.246. The Balaban J connectivity index is 1.28. The van der Waals surface area contributed by atoms with Gasteiger partial charge < -0.3 is 4.74 Å². The quantitative estimate of drug-likeness (QED) is 0.592. The molecule has 2 amide bonds. The van der Waals surface area contributed by atoms with Gasteiger partial charge in [-0.1, -0.05) is 24.3 Å². The van der Waals surface area contributed by atoms with Crippen LogP contribution in [0.5, 0.6) is 5.75 Å². The maximum Gasteiger partial charge on any atom is 0.261 e. The van der Waals surface area contributed by atoms with Gasteiger partial charge in [-0.3, -0.25) is 19.5 Å². The first-order chi connectivity index (χ1) is 14.6. The maximum absolute atomic E-state index is 12.6. The first kappa shape index (κ1) is 18.6. The zero-order valence-electron chi connectivity index (χ0n) is 16.7. The van der Waals surface area contributed by atoms with Crippen LogP contribution in [0.2, 0.25) is 0 Å². The van der Waals surface area contributed by atoms with Crippen molar-refractivity contribution in [2.45, 2.75) is 31.2 Å². The van der Waals surface area contributed by atoms with Crippen LogP contribution in [0.4, 0.5) is 0 Å². The van der Waals surface area contributed by atoms with E-state index in [1.54, 1.807) is 37.6 Å². The summed E-state index contributed by atoms with van der Waals surface area (Å²) in [5.41, 5.74) is 4.21. The third-order valence-corrected chi connectivity index (χ3v) is 6.21. The minimum absolute atomic E-state index is 0.201. The first-order valence-electron chi connectivity index (χ1n) is 10.2. The molecule has 5 rings (SSSR count). The zero-order chi connectivity index (χ0) is 20.7. The molecule has 1 aliphatic carbocycles. The fraction of sp³-hybridized carbons (Fsp3) is 0.240. The number of carbonyl (C=O) groups is 2. The number of methoxy groups -OCH3 is 1. The lowest BCUT2D eigenvalue weighted by atomic mass is 9.68. The maximum atomic E-state index is 12.6. The minimum Gasteiger partial charge on any atom is -0.497 e. The summed E-state index contributed by atoms with van der Waals surface area (Å²) in [5.74, 6) is 1.39. The average molecular weight is 398 g/mol. The van der Waals surface area contributed by atoms with Crippen molar-refractivity contribution >= 4 is 11.8 Å². The van der Waals surface area contributed by atoms with E-state index < -0.39 is 0 Å². The van der Waals surface area contributed by atoms with Crippen molar-refractivity contribution in [3.8, 4) is 5.75 Å². The molecule has 0 N–H and O–H groups in total. The molecular formula is C25H22N2O3. The van der Waals surface area contributed by atoms with Crippen LogP contribution in [-0.2, 0) is 6.54 Å². The van der Waals surface area contributed by atoms with Crippen LogP contribution < -0.4 is 4.74 Å². The number of aromatic nitrogens is 1. The zero-order valence-corrected chi connectivity index (χ0v) is 16.7. The molecule has 1 fully saturated rings. The highest BCUT2D eigenvalue weighted by atomic mass is 16.5. The Morgan fingerprint density at radius 1 is 0.900 bits per heavy atom. The first-order valence-corrected chi connectivity index (χ1v) is 10.2. The van der Waals surface area contributed by atoms with E-state index in [9.17, 15) is 9.59 Å². The lowest BCUT2D eigenvalue weighted by Crippen LogP contribution is -2.29. The Kier molecular flexibility index (Phi) is 4.58. The van der Waals surface area contributed by atoms with Gasteiger partial charge in [-0.2, -0.15) is 0 Å². The molecule has 1 aliphatic heterocycles. The summed E-state index contributed by atoms with van der Waals surface area (Å²) in [6, 6.07) is 19.3. The van der Waals surface area contributed by atoms with Gasteiger partial charge in [-0.15, -0.1) is 0 Å². The van der Waals surface area contributed by atoms with Gasteiger partial charge in [0.2, 0.25) is 0 Å². The Morgan fingerprint density at radius 3 is 2.23 bits per heavy atom. The topological polar surface area (TPSA) is 59.5 Å². The van der Waals surface area contributed by atoms with E-state index in [0.29, 0.717) is 23.0 Å².